The molecule has 0 fully saturated rings. The lowest BCUT2D eigenvalue weighted by Crippen LogP contribution is -2.35. The Balaban J connectivity index is 2.16. The number of rotatable bonds is 5. The maximum Gasteiger partial charge on any atom is 0.315 e. The van der Waals surface area contributed by atoms with E-state index in [9.17, 15) is 4.79 Å². The highest BCUT2D eigenvalue weighted by Gasteiger charge is 2.01. The maximum absolute atomic E-state index is 11.3. The van der Waals surface area contributed by atoms with Gasteiger partial charge in [-0.05, 0) is 13.3 Å². The Labute approximate surface area is 94.1 Å². The molecular formula is C10H17N3OS. The quantitative estimate of drug-likeness (QED) is 0.756. The molecule has 0 aliphatic rings. The molecule has 0 atom stereocenters. The van der Waals surface area contributed by atoms with Crippen molar-refractivity contribution in [1.29, 1.82) is 0 Å². The van der Waals surface area contributed by atoms with Gasteiger partial charge in [0.15, 0.2) is 0 Å². The largest absolute Gasteiger partial charge is 0.338 e. The van der Waals surface area contributed by atoms with E-state index in [1.54, 1.807) is 11.3 Å². The van der Waals surface area contributed by atoms with Crippen LogP contribution >= 0.6 is 11.3 Å². The van der Waals surface area contributed by atoms with Crippen molar-refractivity contribution in [2.24, 2.45) is 0 Å². The molecule has 2 amide bonds. The van der Waals surface area contributed by atoms with Crippen molar-refractivity contribution in [3.63, 3.8) is 0 Å². The van der Waals surface area contributed by atoms with Crippen LogP contribution in [0.15, 0.2) is 5.38 Å². The third-order valence-corrected chi connectivity index (χ3v) is 2.73. The van der Waals surface area contributed by atoms with Gasteiger partial charge in [0.05, 0.1) is 17.2 Å². The van der Waals surface area contributed by atoms with Crippen LogP contribution in [0.1, 0.15) is 30.5 Å². The first-order valence-electron chi connectivity index (χ1n) is 5.15. The van der Waals surface area contributed by atoms with Crippen molar-refractivity contribution in [1.82, 2.24) is 15.6 Å². The van der Waals surface area contributed by atoms with E-state index in [4.69, 9.17) is 0 Å². The number of aryl methyl sites for hydroxylation is 1. The lowest BCUT2D eigenvalue weighted by atomic mass is 10.3. The predicted octanol–water partition coefficient (Wildman–Crippen LogP) is 2.05. The molecule has 0 aliphatic carbocycles. The van der Waals surface area contributed by atoms with Gasteiger partial charge in [-0.15, -0.1) is 11.3 Å². The topological polar surface area (TPSA) is 54.0 Å². The van der Waals surface area contributed by atoms with E-state index in [0.717, 1.165) is 30.1 Å². The van der Waals surface area contributed by atoms with Crippen LogP contribution in [0.5, 0.6) is 0 Å². The van der Waals surface area contributed by atoms with Crippen molar-refractivity contribution in [2.45, 2.75) is 33.2 Å². The van der Waals surface area contributed by atoms with E-state index in [1.807, 2.05) is 12.3 Å². The molecule has 2 N–H and O–H groups in total. The fourth-order valence-corrected chi connectivity index (χ4v) is 1.71. The summed E-state index contributed by atoms with van der Waals surface area (Å²) < 4.78 is 0. The number of carbonyl (C=O) groups is 1. The molecule has 15 heavy (non-hydrogen) atoms. The lowest BCUT2D eigenvalue weighted by molar-refractivity contribution is 0.240. The molecule has 0 bridgehead atoms. The van der Waals surface area contributed by atoms with E-state index in [0.29, 0.717) is 6.54 Å². The van der Waals surface area contributed by atoms with Crippen LogP contribution in [0.4, 0.5) is 4.79 Å². The van der Waals surface area contributed by atoms with Gasteiger partial charge < -0.3 is 10.6 Å². The van der Waals surface area contributed by atoms with Crippen LogP contribution in [0.2, 0.25) is 0 Å². The third kappa shape index (κ3) is 4.78. The molecule has 1 aromatic rings. The molecule has 0 radical (unpaired) electrons. The monoisotopic (exact) mass is 227 g/mol. The second-order valence-corrected chi connectivity index (χ2v) is 4.38. The Morgan fingerprint density at radius 3 is 2.93 bits per heavy atom. The summed E-state index contributed by atoms with van der Waals surface area (Å²) in [5.41, 5.74) is 0.920. The highest BCUT2D eigenvalue weighted by atomic mass is 32.1. The number of thiazole rings is 1. The number of urea groups is 1. The maximum atomic E-state index is 11.3. The Hall–Kier alpha value is -1.10. The van der Waals surface area contributed by atoms with Crippen molar-refractivity contribution in [3.05, 3.63) is 16.1 Å². The molecule has 5 heteroatoms. The predicted molar refractivity (Wildman–Crippen MR) is 62.0 cm³/mol. The van der Waals surface area contributed by atoms with Gasteiger partial charge in [-0.25, -0.2) is 9.78 Å². The van der Waals surface area contributed by atoms with Crippen molar-refractivity contribution in [3.8, 4) is 0 Å². The van der Waals surface area contributed by atoms with Crippen molar-refractivity contribution < 1.29 is 4.79 Å². The fraction of sp³-hybridized carbons (Fsp3) is 0.600. The molecule has 4 nitrogen and oxygen atoms in total. The van der Waals surface area contributed by atoms with Gasteiger partial charge in [-0.1, -0.05) is 13.3 Å². The molecular weight excluding hydrogens is 210 g/mol. The van der Waals surface area contributed by atoms with E-state index in [1.165, 1.54) is 0 Å². The Morgan fingerprint density at radius 1 is 1.53 bits per heavy atom. The van der Waals surface area contributed by atoms with Crippen LogP contribution in [-0.4, -0.2) is 17.6 Å². The molecule has 1 rings (SSSR count). The number of aromatic nitrogens is 1. The minimum atomic E-state index is -0.117. The molecule has 0 unspecified atom stereocenters. The number of amides is 2. The highest BCUT2D eigenvalue weighted by molar-refractivity contribution is 7.09. The number of hydrogen-bond donors (Lipinski definition) is 2. The van der Waals surface area contributed by atoms with Gasteiger partial charge in [0, 0.05) is 11.9 Å². The first-order valence-corrected chi connectivity index (χ1v) is 6.03. The smallest absolute Gasteiger partial charge is 0.315 e. The zero-order valence-corrected chi connectivity index (χ0v) is 9.99. The SMILES string of the molecule is CCCCNC(=O)NCc1csc(C)n1. The molecule has 0 saturated carbocycles. The number of unbranched alkanes of at least 4 members (excludes halogenated alkanes) is 1. The zero-order valence-electron chi connectivity index (χ0n) is 9.17. The number of nitrogens with one attached hydrogen (secondary N) is 2. The zero-order chi connectivity index (χ0) is 11.1. The van der Waals surface area contributed by atoms with Gasteiger partial charge in [0.25, 0.3) is 0 Å². The summed E-state index contributed by atoms with van der Waals surface area (Å²) in [6, 6.07) is -0.117. The number of nitrogens with zero attached hydrogens (tertiary/aromatic N) is 1. The van der Waals surface area contributed by atoms with Crippen molar-refractivity contribution >= 4 is 17.4 Å². The number of hydrogen-bond acceptors (Lipinski definition) is 3. The van der Waals surface area contributed by atoms with Crippen molar-refractivity contribution in [2.75, 3.05) is 6.54 Å². The summed E-state index contributed by atoms with van der Waals surface area (Å²) >= 11 is 1.59. The van der Waals surface area contributed by atoms with Gasteiger partial charge in [-0.3, -0.25) is 0 Å². The van der Waals surface area contributed by atoms with Gasteiger partial charge in [0.1, 0.15) is 0 Å². The average Bonchev–Trinajstić information content (AvgIpc) is 2.62. The Bertz CT molecular complexity index is 311. The van der Waals surface area contributed by atoms with Crippen LogP contribution < -0.4 is 10.6 Å². The second-order valence-electron chi connectivity index (χ2n) is 3.32. The molecule has 1 heterocycles. The Kier molecular flexibility index (Phi) is 5.10. The number of carbonyl (C=O) groups excluding carboxylic acids is 1. The van der Waals surface area contributed by atoms with Gasteiger partial charge in [-0.2, -0.15) is 0 Å². The first kappa shape index (κ1) is 12.0. The first-order chi connectivity index (χ1) is 7.22. The summed E-state index contributed by atoms with van der Waals surface area (Å²) in [6.07, 6.45) is 2.11. The van der Waals surface area contributed by atoms with E-state index in [-0.39, 0.29) is 6.03 Å². The average molecular weight is 227 g/mol. The molecule has 0 aromatic carbocycles. The summed E-state index contributed by atoms with van der Waals surface area (Å²) in [5, 5.41) is 8.54. The van der Waals surface area contributed by atoms with Gasteiger partial charge in [0.2, 0.25) is 0 Å². The van der Waals surface area contributed by atoms with E-state index < -0.39 is 0 Å². The van der Waals surface area contributed by atoms with E-state index >= 15 is 0 Å². The Morgan fingerprint density at radius 2 is 2.33 bits per heavy atom. The summed E-state index contributed by atoms with van der Waals surface area (Å²) in [6.45, 7) is 5.29. The normalized spacial score (nSPS) is 10.0. The van der Waals surface area contributed by atoms with Crippen LogP contribution in [0.25, 0.3) is 0 Å². The molecule has 1 aromatic heterocycles. The van der Waals surface area contributed by atoms with E-state index in [2.05, 4.69) is 22.5 Å². The fourth-order valence-electron chi connectivity index (χ4n) is 1.10. The van der Waals surface area contributed by atoms with Crippen LogP contribution in [-0.2, 0) is 6.54 Å². The minimum Gasteiger partial charge on any atom is -0.338 e. The van der Waals surface area contributed by atoms with Crippen LogP contribution in [0.3, 0.4) is 0 Å². The third-order valence-electron chi connectivity index (χ3n) is 1.91. The summed E-state index contributed by atoms with van der Waals surface area (Å²) in [7, 11) is 0. The molecule has 0 saturated heterocycles. The molecule has 0 spiro atoms. The summed E-state index contributed by atoms with van der Waals surface area (Å²) in [4.78, 5) is 15.5. The second kappa shape index (κ2) is 6.40. The molecule has 84 valence electrons. The van der Waals surface area contributed by atoms with Crippen LogP contribution in [0, 0.1) is 6.92 Å². The highest BCUT2D eigenvalue weighted by Crippen LogP contribution is 2.06. The van der Waals surface area contributed by atoms with Gasteiger partial charge >= 0.3 is 6.03 Å². The minimum absolute atomic E-state index is 0.117. The molecule has 0 aliphatic heterocycles. The standard InChI is InChI=1S/C10H17N3OS/c1-3-4-5-11-10(14)12-6-9-7-15-8(2)13-9/h7H,3-6H2,1-2H3,(H2,11,12,14). The lowest BCUT2D eigenvalue weighted by Gasteiger charge is -2.05. The summed E-state index contributed by atoms with van der Waals surface area (Å²) in [5.74, 6) is 0.